The lowest BCUT2D eigenvalue weighted by Crippen LogP contribution is -2.57. The number of benzene rings is 1. The highest BCUT2D eigenvalue weighted by Gasteiger charge is 2.36. The van der Waals surface area contributed by atoms with Gasteiger partial charge in [-0.05, 0) is 81.5 Å². The van der Waals surface area contributed by atoms with Gasteiger partial charge < -0.3 is 20.7 Å². The molecule has 2 saturated carbocycles. The quantitative estimate of drug-likeness (QED) is 0.429. The number of pyridine rings is 1. The number of nitrogens with zero attached hydrogens (tertiary/aromatic N) is 3. The van der Waals surface area contributed by atoms with Gasteiger partial charge in [-0.2, -0.15) is 0 Å². The summed E-state index contributed by atoms with van der Waals surface area (Å²) >= 11 is 0. The first-order valence-electron chi connectivity index (χ1n) is 16.1. The Morgan fingerprint density at radius 1 is 1.10 bits per heavy atom. The predicted molar refractivity (Wildman–Crippen MR) is 159 cm³/mol. The van der Waals surface area contributed by atoms with E-state index in [0.717, 1.165) is 93.6 Å². The minimum Gasteiger partial charge on any atom is -0.493 e. The van der Waals surface area contributed by atoms with E-state index in [2.05, 4.69) is 10.3 Å². The Bertz CT molecular complexity index is 1180. The second kappa shape index (κ2) is 13.7. The largest absolute Gasteiger partial charge is 0.493 e. The molecule has 1 aromatic heterocycles. The van der Waals surface area contributed by atoms with Crippen LogP contribution in [0.4, 0.5) is 5.82 Å². The van der Waals surface area contributed by atoms with E-state index in [1.54, 1.807) is 6.20 Å². The summed E-state index contributed by atoms with van der Waals surface area (Å²) in [6, 6.07) is 7.57. The van der Waals surface area contributed by atoms with Crippen LogP contribution in [-0.2, 0) is 9.59 Å². The van der Waals surface area contributed by atoms with E-state index in [-0.39, 0.29) is 29.9 Å². The molecule has 0 spiro atoms. The van der Waals surface area contributed by atoms with Crippen molar-refractivity contribution in [1.82, 2.24) is 20.1 Å². The van der Waals surface area contributed by atoms with Crippen molar-refractivity contribution in [2.75, 3.05) is 25.4 Å². The van der Waals surface area contributed by atoms with Crippen LogP contribution in [0.1, 0.15) is 91.8 Å². The van der Waals surface area contributed by atoms with Crippen LogP contribution in [0.5, 0.6) is 5.75 Å². The maximum Gasteiger partial charge on any atom is 0.239 e. The van der Waals surface area contributed by atoms with Gasteiger partial charge in [0.05, 0.1) is 20.5 Å². The maximum absolute atomic E-state index is 14.1. The van der Waals surface area contributed by atoms with Gasteiger partial charge in [-0.15, -0.1) is 0 Å². The van der Waals surface area contributed by atoms with Crippen LogP contribution in [0.25, 0.3) is 10.8 Å². The highest BCUT2D eigenvalue weighted by molar-refractivity contribution is 5.91. The van der Waals surface area contributed by atoms with Crippen molar-refractivity contribution in [2.24, 2.45) is 0 Å². The third kappa shape index (κ3) is 7.06. The minimum absolute atomic E-state index is 0.0415. The summed E-state index contributed by atoms with van der Waals surface area (Å²) in [4.78, 5) is 35.4. The van der Waals surface area contributed by atoms with Crippen molar-refractivity contribution in [1.29, 1.82) is 0 Å². The van der Waals surface area contributed by atoms with Crippen LogP contribution in [0, 0.1) is 0 Å². The molecule has 2 aliphatic carbocycles. The molecule has 2 heterocycles. The highest BCUT2D eigenvalue weighted by Crippen LogP contribution is 2.28. The number of hydrogen-bond acceptors (Lipinski definition) is 6. The number of fused-ring (bicyclic) bond motifs is 1. The summed E-state index contributed by atoms with van der Waals surface area (Å²) in [6.45, 7) is 2.07. The van der Waals surface area contributed by atoms with Crippen LogP contribution in [0.3, 0.4) is 0 Å². The van der Waals surface area contributed by atoms with Gasteiger partial charge in [0.2, 0.25) is 11.8 Å². The van der Waals surface area contributed by atoms with E-state index in [0.29, 0.717) is 19.0 Å². The molecule has 40 heavy (non-hydrogen) atoms. The van der Waals surface area contributed by atoms with Crippen molar-refractivity contribution in [3.8, 4) is 5.75 Å². The predicted octanol–water partition coefficient (Wildman–Crippen LogP) is 5.05. The smallest absolute Gasteiger partial charge is 0.239 e. The Morgan fingerprint density at radius 2 is 1.85 bits per heavy atom. The van der Waals surface area contributed by atoms with Crippen LogP contribution < -0.4 is 15.8 Å². The topological polar surface area (TPSA) is 101 Å². The Morgan fingerprint density at radius 3 is 2.65 bits per heavy atom. The molecule has 0 bridgehead atoms. The number of likely N-dealkylation sites (tertiary alicyclic amines) is 1. The number of piperidine rings is 1. The first kappa shape index (κ1) is 27.3. The number of aromatic nitrogens is 1. The molecule has 1 aromatic carbocycles. The third-order valence-corrected chi connectivity index (χ3v) is 9.17. The van der Waals surface area contributed by atoms with Crippen LogP contribution in [-0.4, -0.2) is 70.4 Å². The summed E-state index contributed by atoms with van der Waals surface area (Å²) in [5.41, 5.74) is 5.99. The second-order valence-corrected chi connectivity index (χ2v) is 11.9. The first-order valence-corrected chi connectivity index (χ1v) is 15.5. The van der Waals surface area contributed by atoms with E-state index in [1.165, 1.54) is 6.42 Å². The highest BCUT2D eigenvalue weighted by atomic mass is 16.5. The van der Waals surface area contributed by atoms with Gasteiger partial charge in [-0.25, -0.2) is 4.98 Å². The van der Waals surface area contributed by atoms with E-state index in [4.69, 9.17) is 11.8 Å². The summed E-state index contributed by atoms with van der Waals surface area (Å²) in [5, 5.41) is 5.01. The Hall–Kier alpha value is -2.87. The maximum atomic E-state index is 14.1. The van der Waals surface area contributed by atoms with Crippen LogP contribution in [0.2, 0.25) is 0 Å². The van der Waals surface area contributed by atoms with Crippen molar-refractivity contribution in [2.45, 2.75) is 115 Å². The first-order chi connectivity index (χ1) is 19.9. The molecule has 1 aliphatic heterocycles. The number of carbonyl (C=O) groups is 2. The molecule has 2 aromatic rings. The number of carbonyl (C=O) groups excluding carboxylic acids is 2. The third-order valence-electron chi connectivity index (χ3n) is 9.17. The average Bonchev–Trinajstić information content (AvgIpc) is 3.51. The average molecular weight is 551 g/mol. The van der Waals surface area contributed by atoms with E-state index in [1.807, 2.05) is 41.0 Å². The Kier molecular flexibility index (Phi) is 9.33. The van der Waals surface area contributed by atoms with Gasteiger partial charge in [0.15, 0.2) is 0 Å². The molecule has 2 amide bonds. The molecule has 3 fully saturated rings. The lowest BCUT2D eigenvalue weighted by Gasteiger charge is -2.42. The van der Waals surface area contributed by atoms with Crippen LogP contribution >= 0.6 is 0 Å². The van der Waals surface area contributed by atoms with Gasteiger partial charge >= 0.3 is 0 Å². The normalized spacial score (nSPS) is 22.7. The van der Waals surface area contributed by atoms with E-state index in [9.17, 15) is 9.59 Å². The number of anilines is 1. The lowest BCUT2D eigenvalue weighted by atomic mass is 9.92. The number of amides is 2. The summed E-state index contributed by atoms with van der Waals surface area (Å²) in [7, 11) is 0. The van der Waals surface area contributed by atoms with Crippen molar-refractivity contribution >= 4 is 28.4 Å². The minimum atomic E-state index is -1.07. The zero-order chi connectivity index (χ0) is 28.8. The van der Waals surface area contributed by atoms with E-state index >= 15 is 0 Å². The number of rotatable bonds is 10. The number of nitrogen functional groups attached to an aromatic ring is 1. The molecule has 8 heteroatoms. The summed E-state index contributed by atoms with van der Waals surface area (Å²) < 4.78 is 15.1. The number of ether oxygens (including phenoxy) is 1. The van der Waals surface area contributed by atoms with E-state index < -0.39 is 12.6 Å². The Balaban J connectivity index is 1.24. The summed E-state index contributed by atoms with van der Waals surface area (Å²) in [5.74, 6) is 1.07. The molecule has 2 unspecified atom stereocenters. The monoisotopic (exact) mass is 550 g/mol. The second-order valence-electron chi connectivity index (χ2n) is 11.9. The Labute approximate surface area is 240 Å². The standard InChI is InChI=1S/C32H47N5O3/c1-23(37(26-11-3-2-4-12-26)22-30(38)35-25-9-5-6-10-25)32(39)36-19-8-7-13-27(36)17-20-40-28-14-15-29-24(21-28)16-18-34-31(29)33/h14-16,18,21,23,25-27H,2-13,17,19-20,22H2,1H3,(H2,33,34)(H,35,38)/t23-,27?/m0/s1/i22D/t22?,23-,27?. The molecule has 0 radical (unpaired) electrons. The molecule has 3 N–H and O–H groups in total. The van der Waals surface area contributed by atoms with Crippen LogP contribution in [0.15, 0.2) is 30.5 Å². The van der Waals surface area contributed by atoms with Gasteiger partial charge in [-0.1, -0.05) is 32.1 Å². The zero-order valence-electron chi connectivity index (χ0n) is 25.0. The molecule has 218 valence electrons. The number of nitrogens with one attached hydrogen (secondary N) is 1. The fraction of sp³-hybridized carbons (Fsp3) is 0.656. The zero-order valence-corrected chi connectivity index (χ0v) is 24.0. The van der Waals surface area contributed by atoms with Crippen molar-refractivity contribution in [3.63, 3.8) is 0 Å². The van der Waals surface area contributed by atoms with Gasteiger partial charge in [-0.3, -0.25) is 14.5 Å². The molecule has 8 nitrogen and oxygen atoms in total. The SMILES string of the molecule is [2H]C(C(=O)NC1CCCC1)N(C1CCCCC1)[C@@H](C)C(=O)N1CCCCC1CCOc1ccc2c(N)nccc2c1. The molecule has 3 aliphatic rings. The lowest BCUT2D eigenvalue weighted by molar-refractivity contribution is -0.142. The van der Waals surface area contributed by atoms with Gasteiger partial charge in [0.25, 0.3) is 0 Å². The van der Waals surface area contributed by atoms with Gasteiger partial charge in [0.1, 0.15) is 11.6 Å². The molecule has 5 rings (SSSR count). The molecule has 3 atom stereocenters. The number of hydrogen-bond donors (Lipinski definition) is 2. The van der Waals surface area contributed by atoms with Crippen molar-refractivity contribution < 1.29 is 15.7 Å². The molecular formula is C32H47N5O3. The fourth-order valence-corrected chi connectivity index (χ4v) is 6.90. The van der Waals surface area contributed by atoms with Crippen molar-refractivity contribution in [3.05, 3.63) is 30.5 Å². The van der Waals surface area contributed by atoms with Gasteiger partial charge in [0, 0.05) is 42.7 Å². The number of nitrogens with two attached hydrogens (primary N) is 1. The summed E-state index contributed by atoms with van der Waals surface area (Å²) in [6.07, 6.45) is 14.9. The molecule has 1 saturated heterocycles. The molecular weight excluding hydrogens is 502 g/mol. The fourth-order valence-electron chi connectivity index (χ4n) is 6.90.